The van der Waals surface area contributed by atoms with E-state index in [9.17, 15) is 13.2 Å². The first-order chi connectivity index (χ1) is 9.99. The molecule has 2 aromatic carbocycles. The molecule has 0 fully saturated rings. The third kappa shape index (κ3) is 3.81. The lowest BCUT2D eigenvalue weighted by molar-refractivity contribution is 0.416. The number of ether oxygens (including phenoxy) is 1. The van der Waals surface area contributed by atoms with Gasteiger partial charge in [-0.3, -0.25) is 0 Å². The maximum Gasteiger partial charge on any atom is 0.148 e. The first kappa shape index (κ1) is 15.0. The van der Waals surface area contributed by atoms with E-state index in [-0.39, 0.29) is 11.4 Å². The second-order valence-electron chi connectivity index (χ2n) is 4.53. The highest BCUT2D eigenvalue weighted by molar-refractivity contribution is 5.62. The summed E-state index contributed by atoms with van der Waals surface area (Å²) in [6, 6.07) is 5.89. The van der Waals surface area contributed by atoms with Gasteiger partial charge in [0.15, 0.2) is 0 Å². The molecule has 0 aliphatic rings. The van der Waals surface area contributed by atoms with Gasteiger partial charge < -0.3 is 15.8 Å². The van der Waals surface area contributed by atoms with E-state index in [4.69, 9.17) is 10.5 Å². The van der Waals surface area contributed by atoms with Gasteiger partial charge in [-0.15, -0.1) is 0 Å². The quantitative estimate of drug-likeness (QED) is 0.832. The molecule has 0 unspecified atom stereocenters. The molecule has 0 saturated heterocycles. The van der Waals surface area contributed by atoms with E-state index in [0.29, 0.717) is 24.3 Å². The number of nitrogen functional groups attached to an aromatic ring is 1. The van der Waals surface area contributed by atoms with Crippen molar-refractivity contribution in [2.75, 3.05) is 24.7 Å². The minimum atomic E-state index is -0.634. The smallest absolute Gasteiger partial charge is 0.148 e. The van der Waals surface area contributed by atoms with Crippen LogP contribution in [0.5, 0.6) is 5.75 Å². The molecule has 0 bridgehead atoms. The highest BCUT2D eigenvalue weighted by atomic mass is 19.1. The predicted molar refractivity (Wildman–Crippen MR) is 75.9 cm³/mol. The summed E-state index contributed by atoms with van der Waals surface area (Å²) in [5, 5.41) is 2.85. The topological polar surface area (TPSA) is 47.3 Å². The number of anilines is 2. The molecule has 0 spiro atoms. The summed E-state index contributed by atoms with van der Waals surface area (Å²) >= 11 is 0. The molecule has 112 valence electrons. The third-order valence-corrected chi connectivity index (χ3v) is 2.97. The van der Waals surface area contributed by atoms with E-state index in [1.807, 2.05) is 0 Å². The van der Waals surface area contributed by atoms with Gasteiger partial charge in [0.2, 0.25) is 0 Å². The van der Waals surface area contributed by atoms with E-state index < -0.39 is 17.5 Å². The Balaban J connectivity index is 2.03. The minimum absolute atomic E-state index is 0.202. The summed E-state index contributed by atoms with van der Waals surface area (Å²) in [6.45, 7) is 0.312. The van der Waals surface area contributed by atoms with E-state index in [1.165, 1.54) is 25.3 Å². The van der Waals surface area contributed by atoms with Crippen LogP contribution < -0.4 is 15.8 Å². The Labute approximate surface area is 120 Å². The largest absolute Gasteiger partial charge is 0.495 e. The first-order valence-corrected chi connectivity index (χ1v) is 6.31. The number of halogens is 3. The van der Waals surface area contributed by atoms with Crippen molar-refractivity contribution in [3.8, 4) is 5.75 Å². The molecule has 6 heteroatoms. The van der Waals surface area contributed by atoms with Crippen molar-refractivity contribution in [1.82, 2.24) is 0 Å². The molecule has 2 aromatic rings. The molecule has 0 radical (unpaired) electrons. The van der Waals surface area contributed by atoms with Crippen LogP contribution in [-0.4, -0.2) is 13.7 Å². The number of hydrogen-bond donors (Lipinski definition) is 2. The number of nitrogens with two attached hydrogens (primary N) is 1. The normalized spacial score (nSPS) is 10.5. The van der Waals surface area contributed by atoms with Crippen LogP contribution in [0, 0.1) is 17.5 Å². The Morgan fingerprint density at radius 1 is 1.05 bits per heavy atom. The molecule has 0 atom stereocenters. The Morgan fingerprint density at radius 2 is 1.71 bits per heavy atom. The molecule has 3 nitrogen and oxygen atoms in total. The molecular weight excluding hydrogens is 281 g/mol. The Bertz CT molecular complexity index is 627. The van der Waals surface area contributed by atoms with Crippen LogP contribution >= 0.6 is 0 Å². The van der Waals surface area contributed by atoms with Crippen molar-refractivity contribution in [2.45, 2.75) is 6.42 Å². The maximum absolute atomic E-state index is 13.7. The van der Waals surface area contributed by atoms with Crippen LogP contribution in [0.1, 0.15) is 5.56 Å². The van der Waals surface area contributed by atoms with E-state index in [1.54, 1.807) is 0 Å². The van der Waals surface area contributed by atoms with Gasteiger partial charge in [-0.2, -0.15) is 0 Å². The number of rotatable bonds is 5. The number of nitrogens with one attached hydrogen (secondary N) is 1. The zero-order valence-corrected chi connectivity index (χ0v) is 11.4. The van der Waals surface area contributed by atoms with E-state index in [0.717, 1.165) is 12.1 Å². The van der Waals surface area contributed by atoms with Crippen molar-refractivity contribution >= 4 is 11.4 Å². The second-order valence-corrected chi connectivity index (χ2v) is 4.53. The zero-order chi connectivity index (χ0) is 15.4. The van der Waals surface area contributed by atoms with Crippen LogP contribution in [0.4, 0.5) is 24.5 Å². The Hall–Kier alpha value is -2.37. The summed E-state index contributed by atoms with van der Waals surface area (Å²) in [6.07, 6.45) is 0.348. The van der Waals surface area contributed by atoms with Crippen molar-refractivity contribution < 1.29 is 17.9 Å². The van der Waals surface area contributed by atoms with Gasteiger partial charge in [0.05, 0.1) is 18.5 Å². The zero-order valence-electron chi connectivity index (χ0n) is 11.4. The fraction of sp³-hybridized carbons (Fsp3) is 0.200. The summed E-state index contributed by atoms with van der Waals surface area (Å²) in [5.74, 6) is -1.43. The van der Waals surface area contributed by atoms with Gasteiger partial charge in [0, 0.05) is 24.7 Å². The van der Waals surface area contributed by atoms with Gasteiger partial charge in [-0.25, -0.2) is 13.2 Å². The molecule has 2 rings (SSSR count). The second kappa shape index (κ2) is 6.39. The molecule has 0 heterocycles. The molecule has 0 saturated carbocycles. The molecule has 0 aliphatic carbocycles. The summed E-state index contributed by atoms with van der Waals surface area (Å²) in [4.78, 5) is 0. The van der Waals surface area contributed by atoms with Crippen LogP contribution in [0.3, 0.4) is 0 Å². The van der Waals surface area contributed by atoms with Crippen LogP contribution in [-0.2, 0) is 6.42 Å². The van der Waals surface area contributed by atoms with Crippen molar-refractivity contribution in [1.29, 1.82) is 0 Å². The summed E-state index contributed by atoms with van der Waals surface area (Å²) in [7, 11) is 1.43. The third-order valence-electron chi connectivity index (χ3n) is 2.97. The highest BCUT2D eigenvalue weighted by Gasteiger charge is 2.08. The van der Waals surface area contributed by atoms with Crippen molar-refractivity contribution in [3.05, 3.63) is 53.3 Å². The fourth-order valence-electron chi connectivity index (χ4n) is 1.98. The highest BCUT2D eigenvalue weighted by Crippen LogP contribution is 2.28. The Morgan fingerprint density at radius 3 is 2.33 bits per heavy atom. The number of hydrogen-bond acceptors (Lipinski definition) is 3. The number of methoxy groups -OCH3 is 1. The Kier molecular flexibility index (Phi) is 4.57. The van der Waals surface area contributed by atoms with Crippen molar-refractivity contribution in [2.24, 2.45) is 0 Å². The molecule has 0 aliphatic heterocycles. The molecule has 3 N–H and O–H groups in total. The van der Waals surface area contributed by atoms with Crippen LogP contribution in [0.15, 0.2) is 30.3 Å². The van der Waals surface area contributed by atoms with E-state index in [2.05, 4.69) is 5.32 Å². The average Bonchev–Trinajstić information content (AvgIpc) is 2.40. The number of benzene rings is 2. The summed E-state index contributed by atoms with van der Waals surface area (Å²) < 4.78 is 44.8. The van der Waals surface area contributed by atoms with E-state index >= 15 is 0 Å². The predicted octanol–water partition coefficient (Wildman–Crippen LogP) is 3.35. The van der Waals surface area contributed by atoms with Crippen molar-refractivity contribution in [3.63, 3.8) is 0 Å². The van der Waals surface area contributed by atoms with Gasteiger partial charge in [0.25, 0.3) is 0 Å². The lowest BCUT2D eigenvalue weighted by Crippen LogP contribution is -2.07. The SMILES string of the molecule is COc1cc(NCCc2cc(F)cc(F)c2)c(F)cc1N. The van der Waals surface area contributed by atoms with Gasteiger partial charge >= 0.3 is 0 Å². The molecule has 0 aromatic heterocycles. The van der Waals surface area contributed by atoms with Gasteiger partial charge in [-0.05, 0) is 24.1 Å². The standard InChI is InChI=1S/C15H15F3N2O/c1-21-15-8-14(12(18)7-13(15)19)20-3-2-9-4-10(16)6-11(17)5-9/h4-8,20H,2-3,19H2,1H3. The van der Waals surface area contributed by atoms with Gasteiger partial charge in [0.1, 0.15) is 23.2 Å². The first-order valence-electron chi connectivity index (χ1n) is 6.31. The van der Waals surface area contributed by atoms with Crippen LogP contribution in [0.2, 0.25) is 0 Å². The average molecular weight is 296 g/mol. The van der Waals surface area contributed by atoms with Crippen LogP contribution in [0.25, 0.3) is 0 Å². The molecule has 0 amide bonds. The molecule has 21 heavy (non-hydrogen) atoms. The fourth-order valence-corrected chi connectivity index (χ4v) is 1.98. The monoisotopic (exact) mass is 296 g/mol. The molecular formula is C15H15F3N2O. The lowest BCUT2D eigenvalue weighted by atomic mass is 10.1. The van der Waals surface area contributed by atoms with Gasteiger partial charge in [-0.1, -0.05) is 0 Å². The maximum atomic E-state index is 13.7. The summed E-state index contributed by atoms with van der Waals surface area (Å²) in [5.41, 5.74) is 6.49. The lowest BCUT2D eigenvalue weighted by Gasteiger charge is -2.11. The minimum Gasteiger partial charge on any atom is -0.495 e.